The van der Waals surface area contributed by atoms with E-state index in [0.29, 0.717) is 5.56 Å². The summed E-state index contributed by atoms with van der Waals surface area (Å²) >= 11 is 0. The molecule has 0 amide bonds. The minimum atomic E-state index is -0.269. The molecule has 3 nitrogen and oxygen atoms in total. The van der Waals surface area contributed by atoms with E-state index in [9.17, 15) is 4.39 Å². The summed E-state index contributed by atoms with van der Waals surface area (Å²) in [7, 11) is 0. The number of hydrogen-bond donors (Lipinski definition) is 2. The third-order valence-corrected chi connectivity index (χ3v) is 3.51. The maximum atomic E-state index is 13.7. The monoisotopic (exact) mass is 237 g/mol. The Balaban J connectivity index is 2.08. The van der Waals surface area contributed by atoms with Gasteiger partial charge in [0.15, 0.2) is 0 Å². The summed E-state index contributed by atoms with van der Waals surface area (Å²) in [5.74, 6) is -0.206. The van der Waals surface area contributed by atoms with Crippen LogP contribution >= 0.6 is 0 Å². The van der Waals surface area contributed by atoms with Gasteiger partial charge in [-0.15, -0.1) is 0 Å². The smallest absolute Gasteiger partial charge is 0.128 e. The Kier molecular flexibility index (Phi) is 4.10. The molecule has 1 heterocycles. The molecule has 94 valence electrons. The topological polar surface area (TPSA) is 41.3 Å². The number of piperazine rings is 1. The van der Waals surface area contributed by atoms with Crippen molar-refractivity contribution < 1.29 is 4.39 Å². The van der Waals surface area contributed by atoms with Gasteiger partial charge in [0.1, 0.15) is 5.82 Å². The molecule has 1 aliphatic rings. The van der Waals surface area contributed by atoms with E-state index in [1.807, 2.05) is 6.07 Å². The average Bonchev–Trinajstić information content (AvgIpc) is 2.39. The van der Waals surface area contributed by atoms with E-state index in [4.69, 9.17) is 5.73 Å². The van der Waals surface area contributed by atoms with Crippen LogP contribution in [-0.4, -0.2) is 37.1 Å². The third-order valence-electron chi connectivity index (χ3n) is 3.51. The zero-order chi connectivity index (χ0) is 12.3. The minimum absolute atomic E-state index is 0.161. The van der Waals surface area contributed by atoms with E-state index in [-0.39, 0.29) is 17.9 Å². The van der Waals surface area contributed by atoms with Gasteiger partial charge in [0, 0.05) is 43.8 Å². The molecule has 0 saturated carbocycles. The summed E-state index contributed by atoms with van der Waals surface area (Å²) in [5.41, 5.74) is 6.78. The van der Waals surface area contributed by atoms with Crippen LogP contribution in [0.3, 0.4) is 0 Å². The highest BCUT2D eigenvalue weighted by Gasteiger charge is 2.24. The van der Waals surface area contributed by atoms with Crippen LogP contribution in [0.25, 0.3) is 0 Å². The van der Waals surface area contributed by atoms with E-state index in [1.165, 1.54) is 6.07 Å². The largest absolute Gasteiger partial charge is 0.323 e. The van der Waals surface area contributed by atoms with Gasteiger partial charge in [0.2, 0.25) is 0 Å². The number of rotatable bonds is 3. The Morgan fingerprint density at radius 3 is 2.59 bits per heavy atom. The van der Waals surface area contributed by atoms with Crippen molar-refractivity contribution in [1.29, 1.82) is 0 Å². The first-order valence-corrected chi connectivity index (χ1v) is 6.15. The third kappa shape index (κ3) is 2.83. The Labute approximate surface area is 102 Å². The van der Waals surface area contributed by atoms with Gasteiger partial charge in [-0.2, -0.15) is 0 Å². The van der Waals surface area contributed by atoms with E-state index >= 15 is 0 Å². The predicted molar refractivity (Wildman–Crippen MR) is 67.2 cm³/mol. The molecule has 1 aliphatic heterocycles. The van der Waals surface area contributed by atoms with Gasteiger partial charge in [-0.05, 0) is 13.0 Å². The standard InChI is InChI=1S/C13H20FN3/c1-10(17-8-6-16-7-9-17)13(15)11-4-2-3-5-12(11)14/h2-5,10,13,16H,6-9,15H2,1H3. The molecule has 1 aromatic carbocycles. The molecule has 1 fully saturated rings. The molecule has 0 aromatic heterocycles. The molecule has 1 saturated heterocycles. The van der Waals surface area contributed by atoms with E-state index in [1.54, 1.807) is 12.1 Å². The lowest BCUT2D eigenvalue weighted by Gasteiger charge is -2.36. The minimum Gasteiger partial charge on any atom is -0.323 e. The molecule has 0 aliphatic carbocycles. The summed E-state index contributed by atoms with van der Waals surface area (Å²) < 4.78 is 13.7. The van der Waals surface area contributed by atoms with Crippen molar-refractivity contribution in [2.24, 2.45) is 5.73 Å². The van der Waals surface area contributed by atoms with Crippen molar-refractivity contribution in [3.8, 4) is 0 Å². The number of nitrogens with two attached hydrogens (primary N) is 1. The van der Waals surface area contributed by atoms with Crippen molar-refractivity contribution in [3.05, 3.63) is 35.6 Å². The summed E-state index contributed by atoms with van der Waals surface area (Å²) in [5, 5.41) is 3.30. The Hall–Kier alpha value is -0.970. The highest BCUT2D eigenvalue weighted by molar-refractivity contribution is 5.22. The lowest BCUT2D eigenvalue weighted by Crippen LogP contribution is -2.50. The highest BCUT2D eigenvalue weighted by Crippen LogP contribution is 2.21. The number of nitrogens with zero attached hydrogens (tertiary/aromatic N) is 1. The Bertz CT molecular complexity index is 363. The number of hydrogen-bond acceptors (Lipinski definition) is 3. The first kappa shape index (κ1) is 12.5. The fourth-order valence-corrected chi connectivity index (χ4v) is 2.32. The molecule has 0 radical (unpaired) electrons. The van der Waals surface area contributed by atoms with E-state index < -0.39 is 0 Å². The van der Waals surface area contributed by atoms with Crippen molar-refractivity contribution in [2.45, 2.75) is 19.0 Å². The van der Waals surface area contributed by atoms with Crippen molar-refractivity contribution in [3.63, 3.8) is 0 Å². The van der Waals surface area contributed by atoms with Gasteiger partial charge in [-0.3, -0.25) is 4.90 Å². The van der Waals surface area contributed by atoms with Gasteiger partial charge >= 0.3 is 0 Å². The normalized spacial score (nSPS) is 21.1. The first-order chi connectivity index (χ1) is 8.20. The van der Waals surface area contributed by atoms with Crippen molar-refractivity contribution >= 4 is 0 Å². The van der Waals surface area contributed by atoms with Crippen LogP contribution in [0.2, 0.25) is 0 Å². The summed E-state index contributed by atoms with van der Waals surface area (Å²) in [6, 6.07) is 6.67. The van der Waals surface area contributed by atoms with Crippen LogP contribution in [0.5, 0.6) is 0 Å². The van der Waals surface area contributed by atoms with E-state index in [0.717, 1.165) is 26.2 Å². The zero-order valence-corrected chi connectivity index (χ0v) is 10.2. The van der Waals surface area contributed by atoms with Gasteiger partial charge in [-0.1, -0.05) is 18.2 Å². The molecular formula is C13H20FN3. The van der Waals surface area contributed by atoms with Crippen LogP contribution in [0.4, 0.5) is 4.39 Å². The lowest BCUT2D eigenvalue weighted by molar-refractivity contribution is 0.162. The van der Waals surface area contributed by atoms with E-state index in [2.05, 4.69) is 17.1 Å². The van der Waals surface area contributed by atoms with Crippen molar-refractivity contribution in [1.82, 2.24) is 10.2 Å². The predicted octanol–water partition coefficient (Wildman–Crippen LogP) is 1.12. The maximum Gasteiger partial charge on any atom is 0.128 e. The first-order valence-electron chi connectivity index (χ1n) is 6.15. The molecule has 4 heteroatoms. The van der Waals surface area contributed by atoms with Crippen molar-refractivity contribution in [2.75, 3.05) is 26.2 Å². The van der Waals surface area contributed by atoms with Crippen LogP contribution in [0, 0.1) is 5.82 Å². The highest BCUT2D eigenvalue weighted by atomic mass is 19.1. The molecule has 1 aromatic rings. The lowest BCUT2D eigenvalue weighted by atomic mass is 9.99. The fraction of sp³-hybridized carbons (Fsp3) is 0.538. The molecule has 0 bridgehead atoms. The maximum absolute atomic E-state index is 13.7. The molecule has 2 unspecified atom stereocenters. The zero-order valence-electron chi connectivity index (χ0n) is 10.2. The molecule has 3 N–H and O–H groups in total. The average molecular weight is 237 g/mol. The van der Waals surface area contributed by atoms with Crippen LogP contribution in [-0.2, 0) is 0 Å². The second kappa shape index (κ2) is 5.58. The Morgan fingerprint density at radius 2 is 1.94 bits per heavy atom. The second-order valence-electron chi connectivity index (χ2n) is 4.57. The van der Waals surface area contributed by atoms with Gasteiger partial charge < -0.3 is 11.1 Å². The molecule has 2 rings (SSSR count). The van der Waals surface area contributed by atoms with Crippen LogP contribution in [0.1, 0.15) is 18.5 Å². The fourth-order valence-electron chi connectivity index (χ4n) is 2.32. The van der Waals surface area contributed by atoms with Crippen LogP contribution in [0.15, 0.2) is 24.3 Å². The second-order valence-corrected chi connectivity index (χ2v) is 4.57. The Morgan fingerprint density at radius 1 is 1.29 bits per heavy atom. The molecule has 0 spiro atoms. The van der Waals surface area contributed by atoms with Gasteiger partial charge in [0.05, 0.1) is 0 Å². The van der Waals surface area contributed by atoms with Gasteiger partial charge in [-0.25, -0.2) is 4.39 Å². The summed E-state index contributed by atoms with van der Waals surface area (Å²) in [6.45, 7) is 5.98. The molecular weight excluding hydrogens is 217 g/mol. The van der Waals surface area contributed by atoms with Crippen LogP contribution < -0.4 is 11.1 Å². The summed E-state index contributed by atoms with van der Waals surface area (Å²) in [4.78, 5) is 2.31. The number of halogens is 1. The molecule has 2 atom stereocenters. The molecule has 17 heavy (non-hydrogen) atoms. The van der Waals surface area contributed by atoms with Gasteiger partial charge in [0.25, 0.3) is 0 Å². The SMILES string of the molecule is CC(C(N)c1ccccc1F)N1CCNCC1. The summed E-state index contributed by atoms with van der Waals surface area (Å²) in [6.07, 6.45) is 0. The quantitative estimate of drug-likeness (QED) is 0.827. The number of benzene rings is 1. The number of nitrogens with one attached hydrogen (secondary N) is 1.